The number of rotatable bonds is 6. The molecule has 1 saturated carbocycles. The second-order valence-electron chi connectivity index (χ2n) is 6.78. The largest absolute Gasteiger partial charge is 0.493 e. The molecule has 1 aliphatic heterocycles. The summed E-state index contributed by atoms with van der Waals surface area (Å²) < 4.78 is 10.9. The molecular weight excluding hydrogens is 396 g/mol. The molecule has 1 saturated heterocycles. The topological polar surface area (TPSA) is 67.9 Å². The molecule has 2 aliphatic rings. The molecule has 2 amide bonds. The highest BCUT2D eigenvalue weighted by Gasteiger charge is 2.33. The van der Waals surface area contributed by atoms with Crippen LogP contribution in [0.15, 0.2) is 23.1 Å². The predicted octanol–water partition coefficient (Wildman–Crippen LogP) is 3.35. The summed E-state index contributed by atoms with van der Waals surface area (Å²) >= 11 is 6.53. The fourth-order valence-corrected chi connectivity index (χ4v) is 4.65. The fourth-order valence-electron chi connectivity index (χ4n) is 3.39. The van der Waals surface area contributed by atoms with E-state index in [1.807, 2.05) is 6.07 Å². The Morgan fingerprint density at radius 2 is 1.96 bits per heavy atom. The van der Waals surface area contributed by atoms with Gasteiger partial charge in [0.2, 0.25) is 5.91 Å². The first kappa shape index (κ1) is 20.7. The first-order valence-electron chi connectivity index (χ1n) is 9.28. The van der Waals surface area contributed by atoms with E-state index in [-0.39, 0.29) is 24.4 Å². The number of amides is 2. The average Bonchev–Trinajstić information content (AvgIpc) is 2.96. The number of ether oxygens (including phenoxy) is 2. The van der Waals surface area contributed by atoms with E-state index in [2.05, 4.69) is 5.32 Å². The molecule has 8 heteroatoms. The van der Waals surface area contributed by atoms with E-state index in [1.54, 1.807) is 32.4 Å². The molecule has 0 aromatic heterocycles. The van der Waals surface area contributed by atoms with Gasteiger partial charge in [0.05, 0.1) is 19.1 Å². The number of methoxy groups -OCH3 is 2. The quantitative estimate of drug-likeness (QED) is 0.562. The van der Waals surface area contributed by atoms with Crippen LogP contribution < -0.4 is 14.8 Å². The van der Waals surface area contributed by atoms with Crippen molar-refractivity contribution in [2.75, 3.05) is 20.8 Å². The van der Waals surface area contributed by atoms with Crippen molar-refractivity contribution in [3.63, 3.8) is 0 Å². The molecular formula is C20H24N2O4S2. The van der Waals surface area contributed by atoms with Crippen LogP contribution in [0.4, 0.5) is 0 Å². The van der Waals surface area contributed by atoms with E-state index < -0.39 is 0 Å². The summed E-state index contributed by atoms with van der Waals surface area (Å²) in [5.41, 5.74) is 0.796. The number of hydrogen-bond acceptors (Lipinski definition) is 6. The highest BCUT2D eigenvalue weighted by molar-refractivity contribution is 8.26. The second-order valence-corrected chi connectivity index (χ2v) is 8.46. The van der Waals surface area contributed by atoms with Gasteiger partial charge in [-0.3, -0.25) is 14.5 Å². The van der Waals surface area contributed by atoms with E-state index in [0.717, 1.165) is 31.2 Å². The van der Waals surface area contributed by atoms with Gasteiger partial charge in [-0.25, -0.2) is 0 Å². The van der Waals surface area contributed by atoms with E-state index in [0.29, 0.717) is 20.7 Å². The van der Waals surface area contributed by atoms with Crippen LogP contribution in [0.5, 0.6) is 11.5 Å². The molecule has 2 fully saturated rings. The molecule has 1 heterocycles. The summed E-state index contributed by atoms with van der Waals surface area (Å²) in [4.78, 5) is 26.9. The van der Waals surface area contributed by atoms with Gasteiger partial charge in [-0.05, 0) is 36.6 Å². The van der Waals surface area contributed by atoms with Gasteiger partial charge in [-0.1, -0.05) is 49.3 Å². The molecule has 0 atom stereocenters. The van der Waals surface area contributed by atoms with Gasteiger partial charge in [-0.15, -0.1) is 0 Å². The standard InChI is InChI=1S/C20H24N2O4S2/c1-25-15-9-8-13(10-16(15)26-2)11-17-19(24)22(20(27)28-17)12-18(23)21-14-6-4-3-5-7-14/h8-11,14H,3-7,12H2,1-2H3,(H,21,23)/b17-11-. The molecule has 0 unspecified atom stereocenters. The Hall–Kier alpha value is -2.06. The third kappa shape index (κ3) is 4.86. The zero-order valence-corrected chi connectivity index (χ0v) is 17.7. The van der Waals surface area contributed by atoms with Crippen LogP contribution in [0.3, 0.4) is 0 Å². The number of carbonyl (C=O) groups excluding carboxylic acids is 2. The van der Waals surface area contributed by atoms with Gasteiger partial charge in [0.1, 0.15) is 10.9 Å². The van der Waals surface area contributed by atoms with E-state index in [9.17, 15) is 9.59 Å². The van der Waals surface area contributed by atoms with Crippen molar-refractivity contribution < 1.29 is 19.1 Å². The van der Waals surface area contributed by atoms with Crippen LogP contribution in [0.25, 0.3) is 6.08 Å². The fraction of sp³-hybridized carbons (Fsp3) is 0.450. The maximum absolute atomic E-state index is 12.7. The zero-order valence-electron chi connectivity index (χ0n) is 16.0. The Balaban J connectivity index is 1.67. The first-order valence-corrected chi connectivity index (χ1v) is 10.5. The van der Waals surface area contributed by atoms with Crippen molar-refractivity contribution in [1.82, 2.24) is 10.2 Å². The molecule has 6 nitrogen and oxygen atoms in total. The maximum Gasteiger partial charge on any atom is 0.266 e. The second kappa shape index (κ2) is 9.43. The van der Waals surface area contributed by atoms with Gasteiger partial charge in [0, 0.05) is 6.04 Å². The zero-order chi connectivity index (χ0) is 20.1. The van der Waals surface area contributed by atoms with Crippen molar-refractivity contribution >= 4 is 46.2 Å². The summed E-state index contributed by atoms with van der Waals surface area (Å²) in [5.74, 6) is 0.796. The summed E-state index contributed by atoms with van der Waals surface area (Å²) in [6.45, 7) is -0.0373. The highest BCUT2D eigenvalue weighted by atomic mass is 32.2. The predicted molar refractivity (Wildman–Crippen MR) is 114 cm³/mol. The molecule has 1 aromatic rings. The van der Waals surface area contributed by atoms with Crippen molar-refractivity contribution in [1.29, 1.82) is 0 Å². The normalized spacial score (nSPS) is 19.2. The Morgan fingerprint density at radius 3 is 2.64 bits per heavy atom. The molecule has 1 N–H and O–H groups in total. The minimum absolute atomic E-state index is 0.0373. The van der Waals surface area contributed by atoms with Gasteiger partial charge in [-0.2, -0.15) is 0 Å². The van der Waals surface area contributed by atoms with Crippen molar-refractivity contribution in [3.8, 4) is 11.5 Å². The third-order valence-corrected chi connectivity index (χ3v) is 6.23. The molecule has 1 aromatic carbocycles. The lowest BCUT2D eigenvalue weighted by atomic mass is 9.95. The number of nitrogens with zero attached hydrogens (tertiary/aromatic N) is 1. The first-order chi connectivity index (χ1) is 13.5. The van der Waals surface area contributed by atoms with Crippen LogP contribution in [-0.2, 0) is 9.59 Å². The van der Waals surface area contributed by atoms with Crippen LogP contribution in [0.2, 0.25) is 0 Å². The van der Waals surface area contributed by atoms with Gasteiger partial charge in [0.25, 0.3) is 5.91 Å². The SMILES string of the molecule is COc1ccc(/C=C2\SC(=S)N(CC(=O)NC3CCCCC3)C2=O)cc1OC. The molecule has 3 rings (SSSR count). The Labute approximate surface area is 174 Å². The van der Waals surface area contributed by atoms with E-state index in [4.69, 9.17) is 21.7 Å². The van der Waals surface area contributed by atoms with Crippen LogP contribution in [0, 0.1) is 0 Å². The van der Waals surface area contributed by atoms with E-state index >= 15 is 0 Å². The number of thiocarbonyl (C=S) groups is 1. The summed E-state index contributed by atoms with van der Waals surface area (Å²) in [6.07, 6.45) is 7.26. The molecule has 28 heavy (non-hydrogen) atoms. The maximum atomic E-state index is 12.7. The lowest BCUT2D eigenvalue weighted by molar-refractivity contribution is -0.129. The molecule has 0 bridgehead atoms. The van der Waals surface area contributed by atoms with Crippen LogP contribution >= 0.6 is 24.0 Å². The number of nitrogens with one attached hydrogen (secondary N) is 1. The number of benzene rings is 1. The summed E-state index contributed by atoms with van der Waals surface area (Å²) in [6, 6.07) is 5.62. The van der Waals surface area contributed by atoms with Crippen LogP contribution in [-0.4, -0.2) is 47.8 Å². The van der Waals surface area contributed by atoms with Crippen LogP contribution in [0.1, 0.15) is 37.7 Å². The summed E-state index contributed by atoms with van der Waals surface area (Å²) in [5, 5.41) is 3.03. The Bertz CT molecular complexity index is 803. The number of carbonyl (C=O) groups is 2. The number of hydrogen-bond donors (Lipinski definition) is 1. The molecule has 150 valence electrons. The lowest BCUT2D eigenvalue weighted by Crippen LogP contribution is -2.44. The minimum Gasteiger partial charge on any atom is -0.493 e. The van der Waals surface area contributed by atoms with Gasteiger partial charge >= 0.3 is 0 Å². The Morgan fingerprint density at radius 1 is 1.25 bits per heavy atom. The van der Waals surface area contributed by atoms with Crippen molar-refractivity contribution in [2.45, 2.75) is 38.1 Å². The molecule has 1 aliphatic carbocycles. The lowest BCUT2D eigenvalue weighted by Gasteiger charge is -2.24. The smallest absolute Gasteiger partial charge is 0.266 e. The van der Waals surface area contributed by atoms with Gasteiger partial charge in [0.15, 0.2) is 11.5 Å². The number of thioether (sulfide) groups is 1. The third-order valence-electron chi connectivity index (χ3n) is 4.85. The monoisotopic (exact) mass is 420 g/mol. The molecule has 0 radical (unpaired) electrons. The average molecular weight is 421 g/mol. The molecule has 0 spiro atoms. The van der Waals surface area contributed by atoms with Crippen molar-refractivity contribution in [2.24, 2.45) is 0 Å². The van der Waals surface area contributed by atoms with E-state index in [1.165, 1.54) is 23.1 Å². The van der Waals surface area contributed by atoms with Crippen molar-refractivity contribution in [3.05, 3.63) is 28.7 Å². The Kier molecular flexibility index (Phi) is 6.96. The highest BCUT2D eigenvalue weighted by Crippen LogP contribution is 2.34. The minimum atomic E-state index is -0.247. The summed E-state index contributed by atoms with van der Waals surface area (Å²) in [7, 11) is 3.13. The van der Waals surface area contributed by atoms with Gasteiger partial charge < -0.3 is 14.8 Å².